The molecule has 0 bridgehead atoms. The van der Waals surface area contributed by atoms with E-state index in [4.69, 9.17) is 0 Å². The van der Waals surface area contributed by atoms with Crippen molar-refractivity contribution in [2.45, 2.75) is 6.42 Å². The van der Waals surface area contributed by atoms with Gasteiger partial charge in [-0.2, -0.15) is 0 Å². The second-order valence-corrected chi connectivity index (χ2v) is 4.29. The maximum Gasteiger partial charge on any atom is 0.261 e. The number of rotatable bonds is 2. The zero-order valence-electron chi connectivity index (χ0n) is 8.97. The quantitative estimate of drug-likeness (QED) is 0.560. The third kappa shape index (κ3) is 1.42. The van der Waals surface area contributed by atoms with Crippen LogP contribution in [0.3, 0.4) is 0 Å². The predicted octanol–water partition coefficient (Wildman–Crippen LogP) is 1.06. The van der Waals surface area contributed by atoms with Gasteiger partial charge in [0.2, 0.25) is 0 Å². The Morgan fingerprint density at radius 2 is 1.76 bits per heavy atom. The van der Waals surface area contributed by atoms with Gasteiger partial charge >= 0.3 is 0 Å². The highest BCUT2D eigenvalue weighted by atomic mass is 16.2. The first-order valence-electron chi connectivity index (χ1n) is 5.41. The van der Waals surface area contributed by atoms with Crippen LogP contribution in [0, 0.1) is 5.92 Å². The molecule has 1 aromatic carbocycles. The third-order valence-corrected chi connectivity index (χ3v) is 3.21. The first-order chi connectivity index (χ1) is 8.22. The number of fused-ring (bicyclic) bond motifs is 1. The molecule has 4 nitrogen and oxygen atoms in total. The van der Waals surface area contributed by atoms with Gasteiger partial charge in [-0.1, -0.05) is 12.1 Å². The van der Waals surface area contributed by atoms with E-state index in [0.29, 0.717) is 29.7 Å². The number of hydrogen-bond acceptors (Lipinski definition) is 3. The highest BCUT2D eigenvalue weighted by molar-refractivity contribution is 6.21. The molecular formula is C13H9NO3. The van der Waals surface area contributed by atoms with Crippen molar-refractivity contribution >= 4 is 17.8 Å². The van der Waals surface area contributed by atoms with Gasteiger partial charge in [0.1, 0.15) is 5.94 Å². The van der Waals surface area contributed by atoms with E-state index in [2.05, 4.69) is 0 Å². The molecule has 2 aliphatic rings. The Labute approximate surface area is 97.5 Å². The number of hydrogen-bond donors (Lipinski definition) is 0. The molecule has 1 aromatic rings. The van der Waals surface area contributed by atoms with Crippen LogP contribution in [0.15, 0.2) is 29.8 Å². The van der Waals surface area contributed by atoms with Crippen LogP contribution in [0.1, 0.15) is 27.1 Å². The van der Waals surface area contributed by atoms with Gasteiger partial charge in [-0.05, 0) is 18.6 Å². The van der Waals surface area contributed by atoms with Crippen molar-refractivity contribution in [2.24, 2.45) is 5.92 Å². The summed E-state index contributed by atoms with van der Waals surface area (Å²) in [5.74, 6) is 1.33. The van der Waals surface area contributed by atoms with Gasteiger partial charge < -0.3 is 0 Å². The molecule has 4 heteroatoms. The first kappa shape index (κ1) is 10.00. The minimum absolute atomic E-state index is 0.0229. The number of carbonyl (C=O) groups is 2. The summed E-state index contributed by atoms with van der Waals surface area (Å²) < 4.78 is 0. The van der Waals surface area contributed by atoms with Crippen molar-refractivity contribution in [2.75, 3.05) is 6.54 Å². The Kier molecular flexibility index (Phi) is 2.00. The average molecular weight is 227 g/mol. The second kappa shape index (κ2) is 3.40. The molecule has 0 aromatic heterocycles. The third-order valence-electron chi connectivity index (χ3n) is 3.21. The van der Waals surface area contributed by atoms with Crippen molar-refractivity contribution in [3.63, 3.8) is 0 Å². The van der Waals surface area contributed by atoms with Crippen molar-refractivity contribution in [1.29, 1.82) is 0 Å². The molecule has 1 heterocycles. The van der Waals surface area contributed by atoms with Crippen LogP contribution in [0.5, 0.6) is 0 Å². The molecule has 3 rings (SSSR count). The number of amides is 2. The van der Waals surface area contributed by atoms with Crippen LogP contribution < -0.4 is 0 Å². The summed E-state index contributed by atoms with van der Waals surface area (Å²) in [6, 6.07) is 6.78. The minimum Gasteiger partial charge on any atom is -0.274 e. The normalized spacial score (nSPS) is 21.5. The highest BCUT2D eigenvalue weighted by Gasteiger charge is 2.41. The SMILES string of the molecule is O=C=C1CC1CN1C(=O)c2ccccc2C1=O. The lowest BCUT2D eigenvalue weighted by atomic mass is 10.1. The monoisotopic (exact) mass is 227 g/mol. The van der Waals surface area contributed by atoms with E-state index >= 15 is 0 Å². The minimum atomic E-state index is -0.261. The van der Waals surface area contributed by atoms with E-state index in [9.17, 15) is 14.4 Å². The summed E-state index contributed by atoms with van der Waals surface area (Å²) in [6.07, 6.45) is 0.650. The molecule has 1 aliphatic heterocycles. The fourth-order valence-corrected chi connectivity index (χ4v) is 2.13. The lowest BCUT2D eigenvalue weighted by molar-refractivity contribution is 0.0649. The molecule has 0 radical (unpaired) electrons. The summed E-state index contributed by atoms with van der Waals surface area (Å²) in [5.41, 5.74) is 1.58. The summed E-state index contributed by atoms with van der Waals surface area (Å²) in [4.78, 5) is 35.5. The standard InChI is InChI=1S/C13H9NO3/c15-7-9-5-8(9)6-14-12(16)10-3-1-2-4-11(10)13(14)17/h1-4,8H,5-6H2. The molecule has 1 fully saturated rings. The zero-order valence-corrected chi connectivity index (χ0v) is 8.97. The summed E-state index contributed by atoms with van der Waals surface area (Å²) in [7, 11) is 0. The van der Waals surface area contributed by atoms with Crippen LogP contribution in [0.25, 0.3) is 0 Å². The molecule has 0 N–H and O–H groups in total. The van der Waals surface area contributed by atoms with E-state index in [1.54, 1.807) is 24.3 Å². The van der Waals surface area contributed by atoms with Gasteiger partial charge in [-0.3, -0.25) is 14.5 Å². The first-order valence-corrected chi connectivity index (χ1v) is 5.41. The molecule has 1 unspecified atom stereocenters. The number of imide groups is 1. The largest absolute Gasteiger partial charge is 0.274 e. The van der Waals surface area contributed by atoms with Crippen molar-refractivity contribution < 1.29 is 14.4 Å². The molecule has 17 heavy (non-hydrogen) atoms. The van der Waals surface area contributed by atoms with Crippen LogP contribution >= 0.6 is 0 Å². The molecule has 84 valence electrons. The summed E-state index contributed by atoms with van der Waals surface area (Å²) >= 11 is 0. The summed E-state index contributed by atoms with van der Waals surface area (Å²) in [5, 5.41) is 0. The Morgan fingerprint density at radius 1 is 1.18 bits per heavy atom. The van der Waals surface area contributed by atoms with Crippen molar-refractivity contribution in [3.8, 4) is 0 Å². The van der Waals surface area contributed by atoms with E-state index in [1.165, 1.54) is 4.90 Å². The Balaban J connectivity index is 1.88. The molecule has 1 saturated carbocycles. The molecule has 0 saturated heterocycles. The molecule has 1 aliphatic carbocycles. The number of benzene rings is 1. The second-order valence-electron chi connectivity index (χ2n) is 4.29. The maximum atomic E-state index is 12.0. The van der Waals surface area contributed by atoms with Gasteiger partial charge in [-0.15, -0.1) is 0 Å². The predicted molar refractivity (Wildman–Crippen MR) is 59.1 cm³/mol. The van der Waals surface area contributed by atoms with E-state index in [1.807, 2.05) is 5.94 Å². The molecular weight excluding hydrogens is 218 g/mol. The molecule has 2 amide bonds. The van der Waals surface area contributed by atoms with E-state index < -0.39 is 0 Å². The van der Waals surface area contributed by atoms with Crippen LogP contribution in [-0.4, -0.2) is 29.2 Å². The molecule has 1 atom stereocenters. The lowest BCUT2D eigenvalue weighted by Crippen LogP contribution is -2.31. The fraction of sp³-hybridized carbons (Fsp3) is 0.231. The van der Waals surface area contributed by atoms with Crippen LogP contribution in [-0.2, 0) is 4.79 Å². The van der Waals surface area contributed by atoms with Gasteiger partial charge in [0.05, 0.1) is 11.1 Å². The lowest BCUT2D eigenvalue weighted by Gasteiger charge is -2.11. The maximum absolute atomic E-state index is 12.0. The van der Waals surface area contributed by atoms with Gasteiger partial charge in [0.25, 0.3) is 11.8 Å². The Bertz CT molecular complexity index is 549. The van der Waals surface area contributed by atoms with Crippen molar-refractivity contribution in [1.82, 2.24) is 4.90 Å². The topological polar surface area (TPSA) is 54.5 Å². The van der Waals surface area contributed by atoms with E-state index in [0.717, 1.165) is 0 Å². The average Bonchev–Trinajstić information content (AvgIpc) is 3.08. The number of carbonyl (C=O) groups excluding carboxylic acids is 3. The molecule has 0 spiro atoms. The summed E-state index contributed by atoms with van der Waals surface area (Å²) in [6.45, 7) is 0.303. The van der Waals surface area contributed by atoms with Gasteiger partial charge in [0.15, 0.2) is 0 Å². The Hall–Kier alpha value is -2.19. The van der Waals surface area contributed by atoms with Crippen LogP contribution in [0.2, 0.25) is 0 Å². The van der Waals surface area contributed by atoms with Gasteiger partial charge in [0, 0.05) is 18.0 Å². The van der Waals surface area contributed by atoms with E-state index in [-0.39, 0.29) is 17.7 Å². The van der Waals surface area contributed by atoms with Crippen molar-refractivity contribution in [3.05, 3.63) is 41.0 Å². The highest BCUT2D eigenvalue weighted by Crippen LogP contribution is 2.37. The zero-order chi connectivity index (χ0) is 12.0. The van der Waals surface area contributed by atoms with Crippen LogP contribution in [0.4, 0.5) is 0 Å². The fourth-order valence-electron chi connectivity index (χ4n) is 2.13. The smallest absolute Gasteiger partial charge is 0.261 e. The Morgan fingerprint density at radius 3 is 2.24 bits per heavy atom. The number of nitrogens with zero attached hydrogens (tertiary/aromatic N) is 1. The van der Waals surface area contributed by atoms with Gasteiger partial charge in [-0.25, -0.2) is 4.79 Å².